The van der Waals surface area contributed by atoms with Crippen LogP contribution in [0.3, 0.4) is 0 Å². The number of halogens is 1. The fourth-order valence-electron chi connectivity index (χ4n) is 2.02. The third kappa shape index (κ3) is 4.42. The van der Waals surface area contributed by atoms with Gasteiger partial charge in [-0.15, -0.1) is 0 Å². The van der Waals surface area contributed by atoms with Crippen LogP contribution in [-0.4, -0.2) is 17.4 Å². The number of rotatable bonds is 3. The van der Waals surface area contributed by atoms with Gasteiger partial charge in [0.1, 0.15) is 5.76 Å². The third-order valence-electron chi connectivity index (χ3n) is 2.89. The summed E-state index contributed by atoms with van der Waals surface area (Å²) in [7, 11) is 0. The van der Waals surface area contributed by atoms with Crippen LogP contribution in [0, 0.1) is 0 Å². The van der Waals surface area contributed by atoms with Gasteiger partial charge in [-0.3, -0.25) is 5.43 Å². The highest BCUT2D eigenvalue weighted by atomic mass is 79.9. The minimum absolute atomic E-state index is 0.492. The van der Waals surface area contributed by atoms with Crippen molar-refractivity contribution in [1.82, 2.24) is 10.7 Å². The molecule has 1 heterocycles. The average Bonchev–Trinajstić information content (AvgIpc) is 2.76. The average molecular weight is 330 g/mol. The van der Waals surface area contributed by atoms with Crippen LogP contribution in [0.15, 0.2) is 26.3 Å². The molecule has 0 unspecified atom stereocenters. The van der Waals surface area contributed by atoms with E-state index in [1.54, 1.807) is 6.21 Å². The summed E-state index contributed by atoms with van der Waals surface area (Å²) in [6, 6.07) is 4.14. The Morgan fingerprint density at radius 1 is 1.39 bits per heavy atom. The second kappa shape index (κ2) is 6.89. The van der Waals surface area contributed by atoms with Crippen molar-refractivity contribution in [2.45, 2.75) is 38.1 Å². The van der Waals surface area contributed by atoms with Gasteiger partial charge in [-0.1, -0.05) is 19.3 Å². The van der Waals surface area contributed by atoms with Gasteiger partial charge in [0.15, 0.2) is 9.78 Å². The second-order valence-corrected chi connectivity index (χ2v) is 5.51. The molecule has 2 N–H and O–H groups in total. The van der Waals surface area contributed by atoms with Crippen LogP contribution >= 0.6 is 28.1 Å². The monoisotopic (exact) mass is 329 g/mol. The van der Waals surface area contributed by atoms with E-state index in [1.807, 2.05) is 12.1 Å². The zero-order valence-electron chi connectivity index (χ0n) is 9.99. The zero-order valence-corrected chi connectivity index (χ0v) is 12.4. The van der Waals surface area contributed by atoms with Crippen LogP contribution in [0.25, 0.3) is 0 Å². The van der Waals surface area contributed by atoms with Gasteiger partial charge in [0.2, 0.25) is 0 Å². The summed E-state index contributed by atoms with van der Waals surface area (Å²) in [5.41, 5.74) is 2.80. The fraction of sp³-hybridized carbons (Fsp3) is 0.500. The van der Waals surface area contributed by atoms with E-state index in [2.05, 4.69) is 31.8 Å². The molecule has 1 aliphatic carbocycles. The van der Waals surface area contributed by atoms with Crippen LogP contribution in [0.5, 0.6) is 0 Å². The SMILES string of the molecule is S=C(N/N=C/c1ccc(Br)o1)NC1CCCCC1. The topological polar surface area (TPSA) is 49.6 Å². The summed E-state index contributed by atoms with van der Waals surface area (Å²) in [6.07, 6.45) is 7.88. The van der Waals surface area contributed by atoms with Crippen molar-refractivity contribution in [2.24, 2.45) is 5.10 Å². The van der Waals surface area contributed by atoms with E-state index in [4.69, 9.17) is 16.6 Å². The lowest BCUT2D eigenvalue weighted by Gasteiger charge is -2.23. The predicted octanol–water partition coefficient (Wildman–Crippen LogP) is 3.17. The number of hydrazone groups is 1. The van der Waals surface area contributed by atoms with Gasteiger partial charge in [-0.2, -0.15) is 5.10 Å². The summed E-state index contributed by atoms with van der Waals surface area (Å²) < 4.78 is 5.97. The van der Waals surface area contributed by atoms with E-state index in [0.717, 1.165) is 0 Å². The number of hydrogen-bond donors (Lipinski definition) is 2. The van der Waals surface area contributed by atoms with Gasteiger partial charge >= 0.3 is 0 Å². The molecule has 1 aromatic rings. The molecular weight excluding hydrogens is 314 g/mol. The number of thiocarbonyl (C=S) groups is 1. The molecule has 0 aliphatic heterocycles. The molecule has 98 valence electrons. The molecule has 0 saturated heterocycles. The molecule has 1 aromatic heterocycles. The van der Waals surface area contributed by atoms with Crippen molar-refractivity contribution in [2.75, 3.05) is 0 Å². The van der Waals surface area contributed by atoms with E-state index in [0.29, 0.717) is 21.6 Å². The summed E-state index contributed by atoms with van der Waals surface area (Å²) in [5, 5.41) is 7.88. The normalized spacial score (nSPS) is 16.9. The lowest BCUT2D eigenvalue weighted by atomic mass is 9.96. The van der Waals surface area contributed by atoms with E-state index >= 15 is 0 Å². The Hall–Kier alpha value is -0.880. The summed E-state index contributed by atoms with van der Waals surface area (Å²) in [6.45, 7) is 0. The van der Waals surface area contributed by atoms with Gasteiger partial charge in [0.25, 0.3) is 0 Å². The fourth-order valence-corrected chi connectivity index (χ4v) is 2.56. The van der Waals surface area contributed by atoms with Crippen LogP contribution in [0.4, 0.5) is 0 Å². The van der Waals surface area contributed by atoms with Crippen LogP contribution in [-0.2, 0) is 0 Å². The highest BCUT2D eigenvalue weighted by Gasteiger charge is 2.13. The van der Waals surface area contributed by atoms with Gasteiger partial charge < -0.3 is 9.73 Å². The molecular formula is C12H16BrN3OS. The van der Waals surface area contributed by atoms with Crippen molar-refractivity contribution in [3.8, 4) is 0 Å². The van der Waals surface area contributed by atoms with Gasteiger partial charge in [-0.25, -0.2) is 0 Å². The maximum atomic E-state index is 5.28. The lowest BCUT2D eigenvalue weighted by molar-refractivity contribution is 0.412. The minimum atomic E-state index is 0.492. The van der Waals surface area contributed by atoms with Crippen molar-refractivity contribution in [3.05, 3.63) is 22.6 Å². The van der Waals surface area contributed by atoms with Crippen LogP contribution < -0.4 is 10.7 Å². The summed E-state index contributed by atoms with van der Waals surface area (Å²) >= 11 is 8.41. The molecule has 2 rings (SSSR count). The molecule has 1 aliphatic rings. The minimum Gasteiger partial charge on any atom is -0.448 e. The maximum Gasteiger partial charge on any atom is 0.187 e. The number of nitrogens with one attached hydrogen (secondary N) is 2. The Labute approximate surface area is 120 Å². The molecule has 6 heteroatoms. The first-order valence-corrected chi connectivity index (χ1v) is 7.29. The largest absolute Gasteiger partial charge is 0.448 e. The van der Waals surface area contributed by atoms with E-state index in [9.17, 15) is 0 Å². The molecule has 0 aromatic carbocycles. The molecule has 0 atom stereocenters. The summed E-state index contributed by atoms with van der Waals surface area (Å²) in [5.74, 6) is 0.676. The molecule has 1 saturated carbocycles. The second-order valence-electron chi connectivity index (χ2n) is 4.32. The predicted molar refractivity (Wildman–Crippen MR) is 79.7 cm³/mol. The Morgan fingerprint density at radius 2 is 2.17 bits per heavy atom. The van der Waals surface area contributed by atoms with Crippen molar-refractivity contribution >= 4 is 39.5 Å². The first-order valence-electron chi connectivity index (χ1n) is 6.09. The standard InChI is InChI=1S/C12H16BrN3OS/c13-11-7-6-10(17-11)8-14-16-12(18)15-9-4-2-1-3-5-9/h6-9H,1-5H2,(H2,15,16,18)/b14-8+. The van der Waals surface area contributed by atoms with Gasteiger partial charge in [0.05, 0.1) is 6.21 Å². The quantitative estimate of drug-likeness (QED) is 0.508. The molecule has 0 amide bonds. The van der Waals surface area contributed by atoms with E-state index in [1.165, 1.54) is 32.1 Å². The van der Waals surface area contributed by atoms with Crippen molar-refractivity contribution in [1.29, 1.82) is 0 Å². The van der Waals surface area contributed by atoms with Gasteiger partial charge in [-0.05, 0) is 53.1 Å². The number of hydrogen-bond acceptors (Lipinski definition) is 3. The van der Waals surface area contributed by atoms with Crippen LogP contribution in [0.2, 0.25) is 0 Å². The Balaban J connectivity index is 1.72. The van der Waals surface area contributed by atoms with Crippen molar-refractivity contribution < 1.29 is 4.42 Å². The number of nitrogens with zero attached hydrogens (tertiary/aromatic N) is 1. The lowest BCUT2D eigenvalue weighted by Crippen LogP contribution is -2.40. The Morgan fingerprint density at radius 3 is 2.83 bits per heavy atom. The smallest absolute Gasteiger partial charge is 0.187 e. The Bertz CT molecular complexity index is 427. The molecule has 18 heavy (non-hydrogen) atoms. The highest BCUT2D eigenvalue weighted by Crippen LogP contribution is 2.17. The molecule has 0 bridgehead atoms. The molecule has 0 spiro atoms. The maximum absolute atomic E-state index is 5.28. The first-order chi connectivity index (χ1) is 8.74. The van der Waals surface area contributed by atoms with Crippen molar-refractivity contribution in [3.63, 3.8) is 0 Å². The molecule has 1 fully saturated rings. The van der Waals surface area contributed by atoms with E-state index < -0.39 is 0 Å². The van der Waals surface area contributed by atoms with E-state index in [-0.39, 0.29) is 0 Å². The van der Waals surface area contributed by atoms with Gasteiger partial charge in [0, 0.05) is 6.04 Å². The number of furan rings is 1. The molecule has 0 radical (unpaired) electrons. The van der Waals surface area contributed by atoms with Crippen LogP contribution in [0.1, 0.15) is 37.9 Å². The Kier molecular flexibility index (Phi) is 5.19. The first kappa shape index (κ1) is 13.5. The highest BCUT2D eigenvalue weighted by molar-refractivity contribution is 9.10. The zero-order chi connectivity index (χ0) is 12.8. The third-order valence-corrected chi connectivity index (χ3v) is 3.53. The summed E-state index contributed by atoms with van der Waals surface area (Å²) in [4.78, 5) is 0. The molecule has 4 nitrogen and oxygen atoms in total.